The minimum Gasteiger partial charge on any atom is -0.396 e. The topological polar surface area (TPSA) is 60.9 Å². The molecule has 1 aromatic carbocycles. The van der Waals surface area contributed by atoms with Gasteiger partial charge in [0.15, 0.2) is 0 Å². The van der Waals surface area contributed by atoms with E-state index in [0.29, 0.717) is 0 Å². The van der Waals surface area contributed by atoms with Crippen LogP contribution >= 0.6 is 0 Å². The van der Waals surface area contributed by atoms with Gasteiger partial charge >= 0.3 is 0 Å². The summed E-state index contributed by atoms with van der Waals surface area (Å²) in [6, 6.07) is 8.01. The zero-order chi connectivity index (χ0) is 13.7. The number of fused-ring (bicyclic) bond motifs is 1. The van der Waals surface area contributed by atoms with Gasteiger partial charge < -0.3 is 15.4 Å². The van der Waals surface area contributed by atoms with Crippen molar-refractivity contribution < 1.29 is 5.11 Å². The molecule has 0 amide bonds. The van der Waals surface area contributed by atoms with Crippen molar-refractivity contribution in [1.29, 1.82) is 0 Å². The number of H-pyrrole nitrogens is 1. The summed E-state index contributed by atoms with van der Waals surface area (Å²) in [6.45, 7) is 5.43. The molecule has 0 aliphatic rings. The molecule has 19 heavy (non-hydrogen) atoms. The summed E-state index contributed by atoms with van der Waals surface area (Å²) in [7, 11) is 0. The Morgan fingerprint density at radius 1 is 1.26 bits per heavy atom. The molecule has 0 saturated heterocycles. The van der Waals surface area contributed by atoms with Gasteiger partial charge in [-0.25, -0.2) is 4.98 Å². The zero-order valence-electron chi connectivity index (χ0n) is 11.7. The number of nitrogens with one attached hydrogen (secondary N) is 2. The van der Waals surface area contributed by atoms with Crippen LogP contribution in [0.1, 0.15) is 33.1 Å². The van der Waals surface area contributed by atoms with Crippen molar-refractivity contribution in [3.8, 4) is 0 Å². The molecule has 1 aromatic heterocycles. The van der Waals surface area contributed by atoms with Crippen molar-refractivity contribution in [2.45, 2.75) is 33.1 Å². The molecular weight excluding hydrogens is 238 g/mol. The van der Waals surface area contributed by atoms with Crippen LogP contribution in [-0.4, -0.2) is 28.2 Å². The molecule has 0 unspecified atom stereocenters. The molecular formula is C15H23N3O. The van der Waals surface area contributed by atoms with Gasteiger partial charge in [0.25, 0.3) is 0 Å². The Labute approximate surface area is 114 Å². The highest BCUT2D eigenvalue weighted by Crippen LogP contribution is 2.30. The summed E-state index contributed by atoms with van der Waals surface area (Å²) in [5, 5.41) is 12.6. The Morgan fingerprint density at radius 2 is 2.00 bits per heavy atom. The predicted octanol–water partition coefficient (Wildman–Crippen LogP) is 3.16. The van der Waals surface area contributed by atoms with Crippen molar-refractivity contribution >= 4 is 17.0 Å². The van der Waals surface area contributed by atoms with Gasteiger partial charge in [-0.15, -0.1) is 0 Å². The summed E-state index contributed by atoms with van der Waals surface area (Å²) in [5.74, 6) is 0.811. The average Bonchev–Trinajstić information content (AvgIpc) is 2.86. The van der Waals surface area contributed by atoms with E-state index in [0.717, 1.165) is 42.8 Å². The summed E-state index contributed by atoms with van der Waals surface area (Å²) < 4.78 is 0. The van der Waals surface area contributed by atoms with E-state index in [1.807, 2.05) is 24.3 Å². The fourth-order valence-electron chi connectivity index (χ4n) is 2.49. The maximum Gasteiger partial charge on any atom is 0.201 e. The Bertz CT molecular complexity index is 484. The molecule has 3 N–H and O–H groups in total. The number of aliphatic hydroxyl groups excluding tert-OH is 1. The molecule has 0 bridgehead atoms. The van der Waals surface area contributed by atoms with E-state index in [9.17, 15) is 5.11 Å². The number of para-hydroxylation sites is 2. The third-order valence-electron chi connectivity index (χ3n) is 4.16. The number of hydrogen-bond acceptors (Lipinski definition) is 3. The second-order valence-corrected chi connectivity index (χ2v) is 5.14. The van der Waals surface area contributed by atoms with E-state index < -0.39 is 0 Å². The molecule has 0 atom stereocenters. The number of rotatable bonds is 7. The highest BCUT2D eigenvalue weighted by molar-refractivity contribution is 5.77. The Morgan fingerprint density at radius 3 is 2.63 bits per heavy atom. The number of hydrogen-bond donors (Lipinski definition) is 3. The van der Waals surface area contributed by atoms with E-state index >= 15 is 0 Å². The van der Waals surface area contributed by atoms with Crippen LogP contribution in [0.3, 0.4) is 0 Å². The van der Waals surface area contributed by atoms with Gasteiger partial charge in [0.1, 0.15) is 0 Å². The third-order valence-corrected chi connectivity index (χ3v) is 4.16. The van der Waals surface area contributed by atoms with Crippen LogP contribution in [-0.2, 0) is 0 Å². The van der Waals surface area contributed by atoms with Gasteiger partial charge in [-0.05, 0) is 36.8 Å². The standard InChI is InChI=1S/C15H23N3O/c1-3-15(4-2,9-10-19)11-16-14-17-12-7-5-6-8-13(12)18-14/h5-8,19H,3-4,9-11H2,1-2H3,(H2,16,17,18). The normalized spacial score (nSPS) is 11.9. The molecule has 2 aromatic rings. The van der Waals surface area contributed by atoms with E-state index in [1.165, 1.54) is 0 Å². The number of aromatic amines is 1. The first-order valence-corrected chi connectivity index (χ1v) is 7.02. The molecule has 0 fully saturated rings. The quantitative estimate of drug-likeness (QED) is 0.717. The van der Waals surface area contributed by atoms with Crippen molar-refractivity contribution in [2.24, 2.45) is 5.41 Å². The second-order valence-electron chi connectivity index (χ2n) is 5.14. The van der Waals surface area contributed by atoms with Crippen molar-refractivity contribution in [3.63, 3.8) is 0 Å². The SMILES string of the molecule is CCC(CC)(CCO)CNc1nc2ccccc2[nH]1. The largest absolute Gasteiger partial charge is 0.396 e. The van der Waals surface area contributed by atoms with Crippen LogP contribution in [0.2, 0.25) is 0 Å². The summed E-state index contributed by atoms with van der Waals surface area (Å²) >= 11 is 0. The lowest BCUT2D eigenvalue weighted by Gasteiger charge is -2.31. The predicted molar refractivity (Wildman–Crippen MR) is 79.3 cm³/mol. The minimum atomic E-state index is 0.147. The summed E-state index contributed by atoms with van der Waals surface area (Å²) in [6.07, 6.45) is 2.93. The smallest absolute Gasteiger partial charge is 0.201 e. The Balaban J connectivity index is 2.07. The van der Waals surface area contributed by atoms with Crippen LogP contribution in [0, 0.1) is 5.41 Å². The van der Waals surface area contributed by atoms with Crippen molar-refractivity contribution in [3.05, 3.63) is 24.3 Å². The van der Waals surface area contributed by atoms with E-state index in [-0.39, 0.29) is 12.0 Å². The van der Waals surface area contributed by atoms with Gasteiger partial charge in [0.05, 0.1) is 11.0 Å². The summed E-state index contributed by atoms with van der Waals surface area (Å²) in [5.41, 5.74) is 2.17. The van der Waals surface area contributed by atoms with E-state index in [2.05, 4.69) is 29.1 Å². The maximum absolute atomic E-state index is 9.22. The lowest BCUT2D eigenvalue weighted by atomic mass is 9.79. The van der Waals surface area contributed by atoms with Gasteiger partial charge in [-0.2, -0.15) is 0 Å². The molecule has 4 nitrogen and oxygen atoms in total. The molecule has 0 saturated carbocycles. The lowest BCUT2D eigenvalue weighted by Crippen LogP contribution is -2.30. The van der Waals surface area contributed by atoms with Gasteiger partial charge in [-0.3, -0.25) is 0 Å². The molecule has 1 heterocycles. The fourth-order valence-corrected chi connectivity index (χ4v) is 2.49. The summed E-state index contributed by atoms with van der Waals surface area (Å²) in [4.78, 5) is 7.79. The zero-order valence-corrected chi connectivity index (χ0v) is 11.7. The minimum absolute atomic E-state index is 0.147. The number of aliphatic hydroxyl groups is 1. The monoisotopic (exact) mass is 261 g/mol. The fraction of sp³-hybridized carbons (Fsp3) is 0.533. The van der Waals surface area contributed by atoms with Crippen LogP contribution in [0.15, 0.2) is 24.3 Å². The van der Waals surface area contributed by atoms with E-state index in [4.69, 9.17) is 0 Å². The second kappa shape index (κ2) is 6.06. The van der Waals surface area contributed by atoms with Gasteiger partial charge in [-0.1, -0.05) is 26.0 Å². The Kier molecular flexibility index (Phi) is 4.43. The molecule has 0 aliphatic heterocycles. The first kappa shape index (κ1) is 13.9. The van der Waals surface area contributed by atoms with Gasteiger partial charge in [0, 0.05) is 13.2 Å². The number of benzene rings is 1. The first-order chi connectivity index (χ1) is 9.23. The first-order valence-electron chi connectivity index (χ1n) is 7.02. The highest BCUT2D eigenvalue weighted by atomic mass is 16.3. The van der Waals surface area contributed by atoms with Crippen molar-refractivity contribution in [1.82, 2.24) is 9.97 Å². The van der Waals surface area contributed by atoms with Crippen LogP contribution in [0.5, 0.6) is 0 Å². The third kappa shape index (κ3) is 3.07. The van der Waals surface area contributed by atoms with Crippen LogP contribution in [0.25, 0.3) is 11.0 Å². The molecule has 0 aliphatic carbocycles. The number of nitrogens with zero attached hydrogens (tertiary/aromatic N) is 1. The highest BCUT2D eigenvalue weighted by Gasteiger charge is 2.25. The molecule has 104 valence electrons. The molecule has 0 radical (unpaired) electrons. The van der Waals surface area contributed by atoms with Crippen LogP contribution < -0.4 is 5.32 Å². The lowest BCUT2D eigenvalue weighted by molar-refractivity contribution is 0.179. The van der Waals surface area contributed by atoms with Crippen LogP contribution in [0.4, 0.5) is 5.95 Å². The number of aromatic nitrogens is 2. The molecule has 2 rings (SSSR count). The average molecular weight is 261 g/mol. The molecule has 4 heteroatoms. The van der Waals surface area contributed by atoms with E-state index in [1.54, 1.807) is 0 Å². The Hall–Kier alpha value is -1.55. The number of anilines is 1. The van der Waals surface area contributed by atoms with Crippen molar-refractivity contribution in [2.75, 3.05) is 18.5 Å². The molecule has 0 spiro atoms. The number of imidazole rings is 1. The van der Waals surface area contributed by atoms with Gasteiger partial charge in [0.2, 0.25) is 5.95 Å². The maximum atomic E-state index is 9.22.